The monoisotopic (exact) mass is 321 g/mol. The normalized spacial score (nSPS) is 20.0. The third-order valence-electron chi connectivity index (χ3n) is 4.50. The summed E-state index contributed by atoms with van der Waals surface area (Å²) >= 11 is 0. The molecule has 7 heteroatoms. The number of carbonyl (C=O) groups is 1. The molecule has 0 radical (unpaired) electrons. The SMILES string of the molecule is Cc1c(NC(=O)C(C)N2CCCC(CO)C2)cccc1[N+](=O)[O-]. The summed E-state index contributed by atoms with van der Waals surface area (Å²) in [4.78, 5) is 25.0. The lowest BCUT2D eigenvalue weighted by atomic mass is 9.97. The number of aliphatic hydroxyl groups is 1. The minimum Gasteiger partial charge on any atom is -0.396 e. The Balaban J connectivity index is 2.07. The molecule has 1 amide bonds. The highest BCUT2D eigenvalue weighted by atomic mass is 16.6. The Labute approximate surface area is 135 Å². The van der Waals surface area contributed by atoms with Gasteiger partial charge in [0.2, 0.25) is 5.91 Å². The maximum atomic E-state index is 12.5. The maximum Gasteiger partial charge on any atom is 0.274 e. The molecule has 0 aliphatic carbocycles. The summed E-state index contributed by atoms with van der Waals surface area (Å²) in [6.45, 7) is 5.09. The number of aliphatic hydroxyl groups excluding tert-OH is 1. The number of hydrogen-bond donors (Lipinski definition) is 2. The van der Waals surface area contributed by atoms with E-state index < -0.39 is 4.92 Å². The molecule has 2 rings (SSSR count). The first-order valence-electron chi connectivity index (χ1n) is 7.83. The van der Waals surface area contributed by atoms with Crippen LogP contribution in [-0.2, 0) is 4.79 Å². The first-order valence-corrected chi connectivity index (χ1v) is 7.83. The van der Waals surface area contributed by atoms with Crippen LogP contribution < -0.4 is 5.32 Å². The smallest absolute Gasteiger partial charge is 0.274 e. The molecule has 1 aliphatic rings. The molecule has 7 nitrogen and oxygen atoms in total. The Morgan fingerprint density at radius 3 is 2.96 bits per heavy atom. The van der Waals surface area contributed by atoms with Crippen LogP contribution >= 0.6 is 0 Å². The van der Waals surface area contributed by atoms with Crippen LogP contribution in [0.2, 0.25) is 0 Å². The molecule has 1 aromatic rings. The van der Waals surface area contributed by atoms with Gasteiger partial charge in [0.25, 0.3) is 5.69 Å². The number of nitrogens with one attached hydrogen (secondary N) is 1. The Morgan fingerprint density at radius 2 is 2.30 bits per heavy atom. The number of benzene rings is 1. The molecule has 2 atom stereocenters. The highest BCUT2D eigenvalue weighted by Crippen LogP contribution is 2.25. The van der Waals surface area contributed by atoms with Gasteiger partial charge >= 0.3 is 0 Å². The minimum absolute atomic E-state index is 0.00577. The Hall–Kier alpha value is -1.99. The molecule has 1 aliphatic heterocycles. The number of anilines is 1. The van der Waals surface area contributed by atoms with E-state index in [1.807, 2.05) is 11.8 Å². The van der Waals surface area contributed by atoms with E-state index in [2.05, 4.69) is 5.32 Å². The van der Waals surface area contributed by atoms with Crippen molar-refractivity contribution in [3.05, 3.63) is 33.9 Å². The van der Waals surface area contributed by atoms with Gasteiger partial charge in [-0.1, -0.05) is 6.07 Å². The standard InChI is InChI=1S/C16H23N3O4/c1-11-14(6-3-7-15(11)19(22)23)17-16(21)12(2)18-8-4-5-13(9-18)10-20/h3,6-7,12-13,20H,4-5,8-10H2,1-2H3,(H,17,21). The number of nitro benzene ring substituents is 1. The van der Waals surface area contributed by atoms with Gasteiger partial charge in [-0.15, -0.1) is 0 Å². The van der Waals surface area contributed by atoms with Crippen LogP contribution in [0, 0.1) is 23.0 Å². The van der Waals surface area contributed by atoms with Crippen molar-refractivity contribution >= 4 is 17.3 Å². The van der Waals surface area contributed by atoms with Gasteiger partial charge in [-0.3, -0.25) is 19.8 Å². The van der Waals surface area contributed by atoms with E-state index in [0.29, 0.717) is 17.8 Å². The van der Waals surface area contributed by atoms with E-state index >= 15 is 0 Å². The zero-order valence-electron chi connectivity index (χ0n) is 13.5. The zero-order chi connectivity index (χ0) is 17.0. The molecule has 1 aromatic carbocycles. The van der Waals surface area contributed by atoms with Crippen molar-refractivity contribution in [1.82, 2.24) is 4.90 Å². The van der Waals surface area contributed by atoms with Crippen LogP contribution in [0.25, 0.3) is 0 Å². The summed E-state index contributed by atoms with van der Waals surface area (Å²) in [5.41, 5.74) is 0.908. The number of likely N-dealkylation sites (tertiary alicyclic amines) is 1. The van der Waals surface area contributed by atoms with Crippen molar-refractivity contribution in [3.8, 4) is 0 Å². The summed E-state index contributed by atoms with van der Waals surface area (Å²) in [6.07, 6.45) is 1.93. The molecule has 0 spiro atoms. The topological polar surface area (TPSA) is 95.7 Å². The van der Waals surface area contributed by atoms with Gasteiger partial charge in [0, 0.05) is 19.2 Å². The summed E-state index contributed by atoms with van der Waals surface area (Å²) in [5.74, 6) is 0.0192. The number of rotatable bonds is 5. The number of piperidine rings is 1. The van der Waals surface area contributed by atoms with Gasteiger partial charge in [0.05, 0.1) is 22.2 Å². The molecular formula is C16H23N3O4. The van der Waals surface area contributed by atoms with E-state index in [1.165, 1.54) is 6.07 Å². The summed E-state index contributed by atoms with van der Waals surface area (Å²) in [6, 6.07) is 4.31. The second kappa shape index (κ2) is 7.52. The summed E-state index contributed by atoms with van der Waals surface area (Å²) in [5, 5.41) is 23.1. The molecule has 1 saturated heterocycles. The Morgan fingerprint density at radius 1 is 1.57 bits per heavy atom. The number of hydrogen-bond acceptors (Lipinski definition) is 5. The molecule has 126 valence electrons. The summed E-state index contributed by atoms with van der Waals surface area (Å²) < 4.78 is 0. The molecule has 0 aromatic heterocycles. The van der Waals surface area contributed by atoms with E-state index in [4.69, 9.17) is 0 Å². The van der Waals surface area contributed by atoms with Crippen molar-refractivity contribution < 1.29 is 14.8 Å². The van der Waals surface area contributed by atoms with Crippen LogP contribution in [-0.4, -0.2) is 46.6 Å². The first kappa shape index (κ1) is 17.4. The lowest BCUT2D eigenvalue weighted by Crippen LogP contribution is -2.47. The number of amides is 1. The predicted octanol–water partition coefficient (Wildman–Crippen LogP) is 1.93. The molecular weight excluding hydrogens is 298 g/mol. The Bertz CT molecular complexity index is 591. The second-order valence-corrected chi connectivity index (χ2v) is 6.06. The van der Waals surface area contributed by atoms with Crippen LogP contribution in [0.15, 0.2) is 18.2 Å². The number of nitro groups is 1. The highest BCUT2D eigenvalue weighted by molar-refractivity contribution is 5.95. The van der Waals surface area contributed by atoms with Crippen LogP contribution in [0.1, 0.15) is 25.3 Å². The van der Waals surface area contributed by atoms with E-state index in [1.54, 1.807) is 19.1 Å². The lowest BCUT2D eigenvalue weighted by molar-refractivity contribution is -0.385. The van der Waals surface area contributed by atoms with Gasteiger partial charge in [0.15, 0.2) is 0 Å². The van der Waals surface area contributed by atoms with Crippen molar-refractivity contribution in [2.24, 2.45) is 5.92 Å². The van der Waals surface area contributed by atoms with Gasteiger partial charge in [-0.2, -0.15) is 0 Å². The zero-order valence-corrected chi connectivity index (χ0v) is 13.5. The van der Waals surface area contributed by atoms with Gasteiger partial charge in [0.1, 0.15) is 0 Å². The van der Waals surface area contributed by atoms with Gasteiger partial charge < -0.3 is 10.4 Å². The number of nitrogens with zero attached hydrogens (tertiary/aromatic N) is 2. The van der Waals surface area contributed by atoms with Gasteiger partial charge in [-0.05, 0) is 45.2 Å². The van der Waals surface area contributed by atoms with Crippen molar-refractivity contribution in [1.29, 1.82) is 0 Å². The number of carbonyl (C=O) groups excluding carboxylic acids is 1. The molecule has 2 N–H and O–H groups in total. The molecule has 0 saturated carbocycles. The fourth-order valence-electron chi connectivity index (χ4n) is 2.96. The Kier molecular flexibility index (Phi) is 5.68. The van der Waals surface area contributed by atoms with Crippen molar-refractivity contribution in [2.75, 3.05) is 25.0 Å². The first-order chi connectivity index (χ1) is 10.9. The fraction of sp³-hybridized carbons (Fsp3) is 0.562. The average molecular weight is 321 g/mol. The molecule has 1 heterocycles. The largest absolute Gasteiger partial charge is 0.396 e. The average Bonchev–Trinajstić information content (AvgIpc) is 2.55. The second-order valence-electron chi connectivity index (χ2n) is 6.06. The molecule has 2 unspecified atom stereocenters. The quantitative estimate of drug-likeness (QED) is 0.638. The van der Waals surface area contributed by atoms with Gasteiger partial charge in [-0.25, -0.2) is 0 Å². The lowest BCUT2D eigenvalue weighted by Gasteiger charge is -2.35. The van der Waals surface area contributed by atoms with Crippen LogP contribution in [0.4, 0.5) is 11.4 Å². The van der Waals surface area contributed by atoms with Crippen LogP contribution in [0.3, 0.4) is 0 Å². The maximum absolute atomic E-state index is 12.5. The van der Waals surface area contributed by atoms with Crippen molar-refractivity contribution in [3.63, 3.8) is 0 Å². The summed E-state index contributed by atoms with van der Waals surface area (Å²) in [7, 11) is 0. The predicted molar refractivity (Wildman–Crippen MR) is 87.3 cm³/mol. The molecule has 0 bridgehead atoms. The van der Waals surface area contributed by atoms with Crippen molar-refractivity contribution in [2.45, 2.75) is 32.7 Å². The third kappa shape index (κ3) is 4.05. The minimum atomic E-state index is -0.453. The van der Waals surface area contributed by atoms with Crippen LogP contribution in [0.5, 0.6) is 0 Å². The van der Waals surface area contributed by atoms with E-state index in [0.717, 1.165) is 19.4 Å². The third-order valence-corrected chi connectivity index (χ3v) is 4.50. The fourth-order valence-corrected chi connectivity index (χ4v) is 2.96. The highest BCUT2D eigenvalue weighted by Gasteiger charge is 2.27. The molecule has 1 fully saturated rings. The molecule has 23 heavy (non-hydrogen) atoms. The van der Waals surface area contributed by atoms with E-state index in [-0.39, 0.29) is 30.2 Å². The van der Waals surface area contributed by atoms with E-state index in [9.17, 15) is 20.0 Å².